The Kier molecular flexibility index (Phi) is 6.38. The summed E-state index contributed by atoms with van der Waals surface area (Å²) in [7, 11) is 2.66. The van der Waals surface area contributed by atoms with Gasteiger partial charge in [0, 0.05) is 54.7 Å². The van der Waals surface area contributed by atoms with Gasteiger partial charge in [-0.1, -0.05) is 6.92 Å². The van der Waals surface area contributed by atoms with E-state index in [1.165, 1.54) is 20.3 Å². The van der Waals surface area contributed by atoms with Crippen LogP contribution in [0.3, 0.4) is 0 Å². The van der Waals surface area contributed by atoms with Crippen LogP contribution in [0.5, 0.6) is 11.5 Å². The summed E-state index contributed by atoms with van der Waals surface area (Å²) in [4.78, 5) is 14.7. The molecule has 1 N–H and O–H groups in total. The highest BCUT2D eigenvalue weighted by Crippen LogP contribution is 2.34. The van der Waals surface area contributed by atoms with E-state index in [0.29, 0.717) is 28.5 Å². The lowest BCUT2D eigenvalue weighted by Gasteiger charge is -2.31. The van der Waals surface area contributed by atoms with E-state index in [-0.39, 0.29) is 23.5 Å². The van der Waals surface area contributed by atoms with Gasteiger partial charge in [0.25, 0.3) is 0 Å². The third-order valence-electron chi connectivity index (χ3n) is 6.77. The highest BCUT2D eigenvalue weighted by atomic mass is 19.1. The molecule has 0 atom stereocenters. The van der Waals surface area contributed by atoms with Crippen LogP contribution in [0.4, 0.5) is 8.78 Å². The van der Waals surface area contributed by atoms with E-state index in [2.05, 4.69) is 26.9 Å². The largest absolute Gasteiger partial charge is 0.494 e. The molecule has 4 aromatic rings. The molecule has 1 aliphatic rings. The van der Waals surface area contributed by atoms with Gasteiger partial charge in [-0.25, -0.2) is 18.7 Å². The van der Waals surface area contributed by atoms with Crippen molar-refractivity contribution in [2.45, 2.75) is 32.2 Å². The number of halogens is 2. The van der Waals surface area contributed by atoms with Crippen molar-refractivity contribution >= 4 is 11.2 Å². The Hall–Kier alpha value is -3.53. The van der Waals surface area contributed by atoms with Crippen molar-refractivity contribution < 1.29 is 18.3 Å². The van der Waals surface area contributed by atoms with E-state index < -0.39 is 11.6 Å². The molecule has 0 aliphatic carbocycles. The van der Waals surface area contributed by atoms with E-state index >= 15 is 0 Å². The number of fused-ring (bicyclic) bond motifs is 1. The fourth-order valence-corrected chi connectivity index (χ4v) is 4.67. The number of hydrogen-bond donors (Lipinski definition) is 1. The third-order valence-corrected chi connectivity index (χ3v) is 6.77. The second-order valence-corrected chi connectivity index (χ2v) is 8.71. The van der Waals surface area contributed by atoms with Crippen LogP contribution >= 0.6 is 0 Å². The van der Waals surface area contributed by atoms with Crippen LogP contribution in [0.15, 0.2) is 30.9 Å². The summed E-state index contributed by atoms with van der Waals surface area (Å²) in [5, 5.41) is 4.58. The van der Waals surface area contributed by atoms with E-state index in [9.17, 15) is 8.78 Å². The number of methoxy groups -OCH3 is 2. The van der Waals surface area contributed by atoms with Crippen molar-refractivity contribution in [1.82, 2.24) is 29.6 Å². The molecule has 3 aromatic heterocycles. The van der Waals surface area contributed by atoms with Crippen molar-refractivity contribution in [1.29, 1.82) is 0 Å². The minimum Gasteiger partial charge on any atom is -0.494 e. The van der Waals surface area contributed by atoms with Gasteiger partial charge >= 0.3 is 0 Å². The predicted octanol–water partition coefficient (Wildman–Crippen LogP) is 4.36. The standard InChI is InChI=1S/C25H28F2N6O2/c1-4-32-7-5-17(6-8-32)33-14-16(12-30-33)19-13-29-25-24(31-19)15(11-28-25)9-18-22(26)20(34-2)10-21(35-3)23(18)27/h10-14,17H,4-9H2,1-3H3,(H,28,29). The molecule has 1 aromatic carbocycles. The van der Waals surface area contributed by atoms with Crippen molar-refractivity contribution in [3.63, 3.8) is 0 Å². The number of aromatic nitrogens is 5. The topological polar surface area (TPSA) is 81.1 Å². The van der Waals surface area contributed by atoms with Gasteiger partial charge in [0.2, 0.25) is 0 Å². The van der Waals surface area contributed by atoms with Crippen LogP contribution in [-0.2, 0) is 6.42 Å². The molecule has 1 saturated heterocycles. The molecule has 1 fully saturated rings. The Balaban J connectivity index is 1.45. The fourth-order valence-electron chi connectivity index (χ4n) is 4.67. The number of H-pyrrole nitrogens is 1. The first-order valence-corrected chi connectivity index (χ1v) is 11.7. The van der Waals surface area contributed by atoms with Gasteiger partial charge in [-0.3, -0.25) is 4.68 Å². The van der Waals surface area contributed by atoms with Gasteiger partial charge in [-0.15, -0.1) is 0 Å². The molecule has 0 radical (unpaired) electrons. The molecule has 4 heterocycles. The van der Waals surface area contributed by atoms with Crippen LogP contribution in [-0.4, -0.2) is 63.5 Å². The lowest BCUT2D eigenvalue weighted by atomic mass is 10.0. The monoisotopic (exact) mass is 482 g/mol. The molecule has 0 unspecified atom stereocenters. The summed E-state index contributed by atoms with van der Waals surface area (Å²) in [6.45, 7) is 5.39. The van der Waals surface area contributed by atoms with Crippen molar-refractivity contribution in [3.8, 4) is 22.8 Å². The Labute approximate surface area is 201 Å². The number of benzene rings is 1. The lowest BCUT2D eigenvalue weighted by molar-refractivity contribution is 0.187. The van der Waals surface area contributed by atoms with E-state index in [0.717, 1.165) is 38.0 Å². The molecule has 1 aliphatic heterocycles. The number of ether oxygens (including phenoxy) is 2. The molecule has 0 saturated carbocycles. The molecule has 0 bridgehead atoms. The average Bonchev–Trinajstić information content (AvgIpc) is 3.54. The van der Waals surface area contributed by atoms with Crippen LogP contribution in [0.25, 0.3) is 22.4 Å². The summed E-state index contributed by atoms with van der Waals surface area (Å²) in [5.74, 6) is -1.69. The van der Waals surface area contributed by atoms with Gasteiger partial charge in [0.05, 0.1) is 38.3 Å². The first kappa shape index (κ1) is 23.2. The van der Waals surface area contributed by atoms with Crippen LogP contribution < -0.4 is 9.47 Å². The molecule has 35 heavy (non-hydrogen) atoms. The first-order chi connectivity index (χ1) is 17.0. The molecule has 0 amide bonds. The zero-order valence-corrected chi connectivity index (χ0v) is 20.0. The fraction of sp³-hybridized carbons (Fsp3) is 0.400. The zero-order chi connectivity index (χ0) is 24.5. The van der Waals surface area contributed by atoms with E-state index in [1.807, 2.05) is 10.9 Å². The summed E-state index contributed by atoms with van der Waals surface area (Å²) in [6.07, 6.45) is 9.22. The van der Waals surface area contributed by atoms with Crippen LogP contribution in [0, 0.1) is 11.6 Å². The maximum atomic E-state index is 14.9. The number of aromatic amines is 1. The first-order valence-electron chi connectivity index (χ1n) is 11.7. The van der Waals surface area contributed by atoms with Crippen LogP contribution in [0.2, 0.25) is 0 Å². The second kappa shape index (κ2) is 9.61. The van der Waals surface area contributed by atoms with Gasteiger partial charge in [-0.05, 0) is 19.4 Å². The molecule has 0 spiro atoms. The normalized spacial score (nSPS) is 15.1. The summed E-state index contributed by atoms with van der Waals surface area (Å²) < 4.78 is 42.0. The van der Waals surface area contributed by atoms with Crippen molar-refractivity contribution in [2.75, 3.05) is 33.9 Å². The quantitative estimate of drug-likeness (QED) is 0.422. The molecular weight excluding hydrogens is 454 g/mol. The highest BCUT2D eigenvalue weighted by Gasteiger charge is 2.23. The number of nitrogens with one attached hydrogen (secondary N) is 1. The summed E-state index contributed by atoms with van der Waals surface area (Å²) >= 11 is 0. The third kappa shape index (κ3) is 4.34. The van der Waals surface area contributed by atoms with Gasteiger partial charge in [-0.2, -0.15) is 5.10 Å². The number of piperidine rings is 1. The zero-order valence-electron chi connectivity index (χ0n) is 20.0. The lowest BCUT2D eigenvalue weighted by Crippen LogP contribution is -2.34. The smallest absolute Gasteiger partial charge is 0.171 e. The SMILES string of the molecule is CCN1CCC(n2cc(-c3cnc4[nH]cc(Cc5c(F)c(OC)cc(OC)c5F)c4n3)cn2)CC1. The molecule has 8 nitrogen and oxygen atoms in total. The van der Waals surface area contributed by atoms with Gasteiger partial charge in [0.15, 0.2) is 28.8 Å². The second-order valence-electron chi connectivity index (χ2n) is 8.71. The van der Waals surface area contributed by atoms with Crippen LogP contribution in [0.1, 0.15) is 36.9 Å². The molecule has 10 heteroatoms. The maximum Gasteiger partial charge on any atom is 0.171 e. The number of hydrogen-bond acceptors (Lipinski definition) is 6. The number of nitrogens with zero attached hydrogens (tertiary/aromatic N) is 5. The Morgan fingerprint density at radius 3 is 2.46 bits per heavy atom. The van der Waals surface area contributed by atoms with Crippen molar-refractivity contribution in [3.05, 3.63) is 53.6 Å². The minimum absolute atomic E-state index is 0.0430. The highest BCUT2D eigenvalue weighted by molar-refractivity contribution is 5.78. The Morgan fingerprint density at radius 1 is 1.09 bits per heavy atom. The van der Waals surface area contributed by atoms with Gasteiger partial charge < -0.3 is 19.4 Å². The van der Waals surface area contributed by atoms with Crippen molar-refractivity contribution in [2.24, 2.45) is 0 Å². The van der Waals surface area contributed by atoms with E-state index in [1.54, 1.807) is 18.6 Å². The molecule has 184 valence electrons. The number of rotatable bonds is 7. The summed E-state index contributed by atoms with van der Waals surface area (Å²) in [5.41, 5.74) is 3.05. The predicted molar refractivity (Wildman–Crippen MR) is 128 cm³/mol. The number of likely N-dealkylation sites (tertiary alicyclic amines) is 1. The average molecular weight is 483 g/mol. The Bertz CT molecular complexity index is 1320. The minimum atomic E-state index is -0.764. The summed E-state index contributed by atoms with van der Waals surface area (Å²) in [6, 6.07) is 1.56. The van der Waals surface area contributed by atoms with Gasteiger partial charge in [0.1, 0.15) is 5.52 Å². The Morgan fingerprint density at radius 2 is 1.80 bits per heavy atom. The molecular formula is C25H28F2N6O2. The molecule has 5 rings (SSSR count). The maximum absolute atomic E-state index is 14.9. The van der Waals surface area contributed by atoms with E-state index in [4.69, 9.17) is 14.5 Å².